The van der Waals surface area contributed by atoms with Crippen molar-refractivity contribution in [1.29, 1.82) is 0 Å². The summed E-state index contributed by atoms with van der Waals surface area (Å²) in [5.41, 5.74) is 1.35. The fraction of sp³-hybridized carbons (Fsp3) is 0.0588. The zero-order chi connectivity index (χ0) is 19.7. The molecule has 0 aromatic heterocycles. The summed E-state index contributed by atoms with van der Waals surface area (Å²) in [5.74, 6) is -1.22. The third-order valence-electron chi connectivity index (χ3n) is 3.68. The minimum absolute atomic E-state index is 0.274. The number of halogens is 4. The lowest BCUT2D eigenvalue weighted by Gasteiger charge is -2.19. The van der Waals surface area contributed by atoms with Crippen LogP contribution in [-0.4, -0.2) is 17.0 Å². The highest BCUT2D eigenvalue weighted by atomic mass is 127. The number of hydrogen-bond donors (Lipinski definition) is 4. The molecule has 10 heteroatoms. The van der Waals surface area contributed by atoms with E-state index in [9.17, 15) is 14.7 Å². The Morgan fingerprint density at radius 3 is 2.59 bits per heavy atom. The molecule has 0 saturated heterocycles. The van der Waals surface area contributed by atoms with Crippen molar-refractivity contribution in [1.82, 2.24) is 5.32 Å². The van der Waals surface area contributed by atoms with E-state index in [1.165, 1.54) is 12.1 Å². The Morgan fingerprint density at radius 1 is 1.15 bits per heavy atom. The highest BCUT2D eigenvalue weighted by Gasteiger charge is 2.26. The first-order valence-electron chi connectivity index (χ1n) is 7.48. The number of urea groups is 1. The summed E-state index contributed by atoms with van der Waals surface area (Å²) in [6.45, 7) is 0. The second-order valence-corrected chi connectivity index (χ2v) is 8.00. The third-order valence-corrected chi connectivity index (χ3v) is 5.34. The number of fused-ring (bicyclic) bond motifs is 1. The van der Waals surface area contributed by atoms with E-state index in [2.05, 4.69) is 16.0 Å². The van der Waals surface area contributed by atoms with Crippen LogP contribution >= 0.6 is 57.4 Å². The van der Waals surface area contributed by atoms with Gasteiger partial charge < -0.3 is 21.1 Å². The molecule has 2 aromatic rings. The van der Waals surface area contributed by atoms with E-state index < -0.39 is 23.7 Å². The van der Waals surface area contributed by atoms with Crippen molar-refractivity contribution in [2.45, 2.75) is 6.04 Å². The van der Waals surface area contributed by atoms with Gasteiger partial charge in [0.15, 0.2) is 5.76 Å². The topological polar surface area (TPSA) is 90.5 Å². The number of aliphatic hydroxyl groups excluding tert-OH is 1. The van der Waals surface area contributed by atoms with Gasteiger partial charge in [-0.05, 0) is 59.0 Å². The Morgan fingerprint density at radius 2 is 1.89 bits per heavy atom. The van der Waals surface area contributed by atoms with Gasteiger partial charge in [0.05, 0.1) is 16.8 Å². The fourth-order valence-corrected chi connectivity index (χ4v) is 4.33. The van der Waals surface area contributed by atoms with Crippen LogP contribution in [0.5, 0.6) is 0 Å². The second-order valence-electron chi connectivity index (χ2n) is 5.56. The maximum atomic E-state index is 12.4. The molecule has 1 aliphatic heterocycles. The first-order valence-corrected chi connectivity index (χ1v) is 9.69. The molecule has 0 spiro atoms. The maximum absolute atomic E-state index is 12.4. The summed E-state index contributed by atoms with van der Waals surface area (Å²) in [4.78, 5) is 24.4. The number of carbonyl (C=O) groups excluding carboxylic acids is 2. The number of nitrogens with one attached hydrogen (secondary N) is 3. The number of aliphatic hydroxyl groups is 1. The molecule has 0 saturated carbocycles. The molecule has 1 atom stereocenters. The predicted octanol–water partition coefficient (Wildman–Crippen LogP) is 5.51. The van der Waals surface area contributed by atoms with Gasteiger partial charge in [-0.2, -0.15) is 0 Å². The summed E-state index contributed by atoms with van der Waals surface area (Å²) in [5, 5.41) is 18.9. The van der Waals surface area contributed by atoms with E-state index in [4.69, 9.17) is 34.8 Å². The molecule has 1 heterocycles. The molecular formula is C17H11Cl3IN3O3. The fourth-order valence-electron chi connectivity index (χ4n) is 2.51. The smallest absolute Gasteiger partial charge is 0.320 e. The number of rotatable bonds is 2. The van der Waals surface area contributed by atoms with Crippen LogP contribution in [0.15, 0.2) is 42.2 Å². The van der Waals surface area contributed by atoms with Crippen molar-refractivity contribution < 1.29 is 14.7 Å². The van der Waals surface area contributed by atoms with Crippen LogP contribution in [0.1, 0.15) is 11.6 Å². The average molecular weight is 539 g/mol. The first kappa shape index (κ1) is 20.1. The summed E-state index contributed by atoms with van der Waals surface area (Å²) >= 11 is 20.0. The Bertz CT molecular complexity index is 981. The molecule has 3 rings (SSSR count). The van der Waals surface area contributed by atoms with E-state index in [1.54, 1.807) is 24.3 Å². The number of carbonyl (C=O) groups is 2. The quantitative estimate of drug-likeness (QED) is 0.380. The largest absolute Gasteiger partial charge is 0.503 e. The van der Waals surface area contributed by atoms with Crippen LogP contribution in [0, 0.1) is 3.57 Å². The molecule has 3 amide bonds. The minimum atomic E-state index is -0.783. The monoisotopic (exact) mass is 537 g/mol. The van der Waals surface area contributed by atoms with Crippen LogP contribution in [0.25, 0.3) is 0 Å². The van der Waals surface area contributed by atoms with Crippen LogP contribution in [0.2, 0.25) is 15.1 Å². The van der Waals surface area contributed by atoms with Crippen molar-refractivity contribution in [2.75, 3.05) is 10.6 Å². The van der Waals surface area contributed by atoms with E-state index in [-0.39, 0.29) is 5.02 Å². The number of anilines is 2. The lowest BCUT2D eigenvalue weighted by molar-refractivity contribution is -0.115. The van der Waals surface area contributed by atoms with Gasteiger partial charge >= 0.3 is 6.03 Å². The van der Waals surface area contributed by atoms with Crippen LogP contribution in [0.3, 0.4) is 0 Å². The molecular weight excluding hydrogens is 527 g/mol. The maximum Gasteiger partial charge on any atom is 0.320 e. The van der Waals surface area contributed by atoms with E-state index in [1.807, 2.05) is 22.6 Å². The van der Waals surface area contributed by atoms with Gasteiger partial charge in [0.2, 0.25) is 0 Å². The lowest BCUT2D eigenvalue weighted by atomic mass is 10.0. The SMILES string of the molecule is O=C(Nc1ccc(Cl)cc1Cl)NC1C=C(O)C(=O)Nc2cc(Cl)cc(I)c21. The van der Waals surface area contributed by atoms with Gasteiger partial charge in [0, 0.05) is 24.9 Å². The van der Waals surface area contributed by atoms with Crippen molar-refractivity contribution in [2.24, 2.45) is 0 Å². The molecule has 4 N–H and O–H groups in total. The number of hydrogen-bond acceptors (Lipinski definition) is 3. The summed E-state index contributed by atoms with van der Waals surface area (Å²) in [6, 6.07) is 6.52. The van der Waals surface area contributed by atoms with Crippen molar-refractivity contribution in [3.63, 3.8) is 0 Å². The summed E-state index contributed by atoms with van der Waals surface area (Å²) in [6.07, 6.45) is 1.25. The number of benzene rings is 2. The van der Waals surface area contributed by atoms with Gasteiger partial charge in [-0.25, -0.2) is 4.79 Å². The van der Waals surface area contributed by atoms with E-state index in [0.29, 0.717) is 30.6 Å². The zero-order valence-electron chi connectivity index (χ0n) is 13.3. The Labute approximate surface area is 183 Å². The van der Waals surface area contributed by atoms with E-state index >= 15 is 0 Å². The Hall–Kier alpha value is -1.68. The average Bonchev–Trinajstić information content (AvgIpc) is 2.67. The van der Waals surface area contributed by atoms with Gasteiger partial charge in [0.1, 0.15) is 0 Å². The molecule has 6 nitrogen and oxygen atoms in total. The third kappa shape index (κ3) is 4.60. The molecule has 27 heavy (non-hydrogen) atoms. The zero-order valence-corrected chi connectivity index (χ0v) is 17.7. The molecule has 2 aromatic carbocycles. The summed E-state index contributed by atoms with van der Waals surface area (Å²) in [7, 11) is 0. The second kappa shape index (κ2) is 8.14. The van der Waals surface area contributed by atoms with Gasteiger partial charge in [-0.3, -0.25) is 4.79 Å². The normalized spacial score (nSPS) is 15.9. The molecule has 0 fully saturated rings. The lowest BCUT2D eigenvalue weighted by Crippen LogP contribution is -2.32. The van der Waals surface area contributed by atoms with E-state index in [0.717, 1.165) is 0 Å². The van der Waals surface area contributed by atoms with Crippen molar-refractivity contribution in [3.8, 4) is 0 Å². The standard InChI is InChI=1S/C17H11Cl3IN3O3/c18-7-1-2-11(9(20)3-7)23-17(27)24-13-6-14(25)16(26)22-12-5-8(19)4-10(21)15(12)13/h1-6,13,25H,(H,22,26)(H2,23,24,27). The highest BCUT2D eigenvalue weighted by molar-refractivity contribution is 14.1. The Balaban J connectivity index is 1.91. The Kier molecular flexibility index (Phi) is 6.05. The van der Waals surface area contributed by atoms with Crippen LogP contribution < -0.4 is 16.0 Å². The minimum Gasteiger partial charge on any atom is -0.503 e. The van der Waals surface area contributed by atoms with Gasteiger partial charge in [-0.1, -0.05) is 34.8 Å². The predicted molar refractivity (Wildman–Crippen MR) is 115 cm³/mol. The molecule has 0 aliphatic carbocycles. The van der Waals surface area contributed by atoms with Crippen molar-refractivity contribution >= 4 is 80.7 Å². The molecule has 0 radical (unpaired) electrons. The van der Waals surface area contributed by atoms with Crippen LogP contribution in [-0.2, 0) is 4.79 Å². The molecule has 1 unspecified atom stereocenters. The van der Waals surface area contributed by atoms with Crippen LogP contribution in [0.4, 0.5) is 16.2 Å². The first-order chi connectivity index (χ1) is 12.7. The molecule has 0 bridgehead atoms. The van der Waals surface area contributed by atoms with Crippen molar-refractivity contribution in [3.05, 3.63) is 66.4 Å². The molecule has 140 valence electrons. The highest BCUT2D eigenvalue weighted by Crippen LogP contribution is 2.35. The number of amides is 3. The summed E-state index contributed by atoms with van der Waals surface area (Å²) < 4.78 is 0.705. The van der Waals surface area contributed by atoms with Gasteiger partial charge in [0.25, 0.3) is 5.91 Å². The molecule has 1 aliphatic rings. The van der Waals surface area contributed by atoms with Gasteiger partial charge in [-0.15, -0.1) is 0 Å².